The molecule has 0 aliphatic rings. The summed E-state index contributed by atoms with van der Waals surface area (Å²) in [5, 5.41) is 7.54. The first-order chi connectivity index (χ1) is 12.1. The van der Waals surface area contributed by atoms with Gasteiger partial charge in [-0.15, -0.1) is 0 Å². The van der Waals surface area contributed by atoms with Gasteiger partial charge in [0.25, 0.3) is 0 Å². The average Bonchev–Trinajstić information content (AvgIpc) is 3.04. The van der Waals surface area contributed by atoms with Gasteiger partial charge in [-0.05, 0) is 42.5 Å². The lowest BCUT2D eigenvalue weighted by atomic mass is 10.2. The molecule has 0 aliphatic heterocycles. The fourth-order valence-corrected chi connectivity index (χ4v) is 2.63. The molecule has 0 saturated heterocycles. The van der Waals surface area contributed by atoms with Crippen LogP contribution in [0.25, 0.3) is 11.3 Å². The normalized spacial score (nSPS) is 10.8. The Labute approximate surface area is 154 Å². The van der Waals surface area contributed by atoms with E-state index in [9.17, 15) is 4.79 Å². The Morgan fingerprint density at radius 2 is 1.72 bits per heavy atom. The van der Waals surface area contributed by atoms with Crippen LogP contribution in [0.3, 0.4) is 0 Å². The highest BCUT2D eigenvalue weighted by Gasteiger charge is 2.06. The molecule has 0 aliphatic carbocycles. The summed E-state index contributed by atoms with van der Waals surface area (Å²) in [4.78, 5) is 11.7. The molecule has 25 heavy (non-hydrogen) atoms. The van der Waals surface area contributed by atoms with Gasteiger partial charge in [0.05, 0.1) is 6.21 Å². The molecule has 5 nitrogen and oxygen atoms in total. The number of hydrazone groups is 1. The van der Waals surface area contributed by atoms with Gasteiger partial charge in [0.2, 0.25) is 0 Å². The van der Waals surface area contributed by atoms with E-state index in [4.69, 9.17) is 27.6 Å². The van der Waals surface area contributed by atoms with Crippen LogP contribution in [-0.2, 0) is 0 Å². The number of nitrogens with one attached hydrogen (secondary N) is 2. The molecule has 0 unspecified atom stereocenters. The minimum absolute atomic E-state index is 0.448. The lowest BCUT2D eigenvalue weighted by molar-refractivity contribution is 0.252. The quantitative estimate of drug-likeness (QED) is 0.474. The molecule has 2 amide bonds. The minimum Gasteiger partial charge on any atom is -0.455 e. The fraction of sp³-hybridized carbons (Fsp3) is 0. The number of hydrogen-bond acceptors (Lipinski definition) is 3. The van der Waals surface area contributed by atoms with E-state index in [1.807, 2.05) is 18.2 Å². The van der Waals surface area contributed by atoms with Crippen LogP contribution in [0.1, 0.15) is 5.76 Å². The first-order valence-corrected chi connectivity index (χ1v) is 8.07. The largest absolute Gasteiger partial charge is 0.455 e. The molecule has 7 heteroatoms. The molecule has 0 bridgehead atoms. The summed E-state index contributed by atoms with van der Waals surface area (Å²) in [5.74, 6) is 1.07. The van der Waals surface area contributed by atoms with Gasteiger partial charge in [-0.3, -0.25) is 0 Å². The van der Waals surface area contributed by atoms with E-state index in [-0.39, 0.29) is 0 Å². The summed E-state index contributed by atoms with van der Waals surface area (Å²) >= 11 is 12.0. The van der Waals surface area contributed by atoms with Gasteiger partial charge in [-0.1, -0.05) is 41.4 Å². The highest BCUT2D eigenvalue weighted by atomic mass is 35.5. The van der Waals surface area contributed by atoms with E-state index in [1.54, 1.807) is 42.5 Å². The number of anilines is 1. The van der Waals surface area contributed by atoms with Crippen molar-refractivity contribution in [1.82, 2.24) is 5.43 Å². The first-order valence-electron chi connectivity index (χ1n) is 7.31. The number of nitrogens with zero attached hydrogens (tertiary/aromatic N) is 1. The van der Waals surface area contributed by atoms with Gasteiger partial charge in [0.1, 0.15) is 11.5 Å². The molecule has 126 valence electrons. The van der Waals surface area contributed by atoms with E-state index in [2.05, 4.69) is 15.8 Å². The maximum absolute atomic E-state index is 11.7. The van der Waals surface area contributed by atoms with Crippen LogP contribution in [0.4, 0.5) is 10.5 Å². The zero-order chi connectivity index (χ0) is 17.6. The predicted molar refractivity (Wildman–Crippen MR) is 100 cm³/mol. The Morgan fingerprint density at radius 1 is 1.00 bits per heavy atom. The zero-order valence-electron chi connectivity index (χ0n) is 12.9. The second kappa shape index (κ2) is 7.88. The van der Waals surface area contributed by atoms with Crippen LogP contribution in [-0.4, -0.2) is 12.2 Å². The standard InChI is InChI=1S/C18H13Cl2N3O2/c19-13-8-12(9-14(20)10-13)17-7-6-16(25-17)11-21-23-18(24)22-15-4-2-1-3-5-15/h1-11H,(H2,22,23,24)/b21-11-. The number of para-hydroxylation sites is 1. The summed E-state index contributed by atoms with van der Waals surface area (Å²) in [7, 11) is 0. The van der Waals surface area contributed by atoms with Gasteiger partial charge < -0.3 is 9.73 Å². The van der Waals surface area contributed by atoms with E-state index in [1.165, 1.54) is 6.21 Å². The maximum Gasteiger partial charge on any atom is 0.339 e. The molecule has 3 aromatic rings. The molecule has 0 spiro atoms. The molecule has 0 radical (unpaired) electrons. The van der Waals surface area contributed by atoms with Crippen molar-refractivity contribution in [2.45, 2.75) is 0 Å². The molecule has 1 heterocycles. The zero-order valence-corrected chi connectivity index (χ0v) is 14.4. The van der Waals surface area contributed by atoms with Crippen molar-refractivity contribution in [2.24, 2.45) is 5.10 Å². The molecule has 3 rings (SSSR count). The summed E-state index contributed by atoms with van der Waals surface area (Å²) in [6.45, 7) is 0. The Morgan fingerprint density at radius 3 is 2.44 bits per heavy atom. The number of hydrogen-bond donors (Lipinski definition) is 2. The third-order valence-corrected chi connectivity index (χ3v) is 3.60. The predicted octanol–water partition coefficient (Wildman–Crippen LogP) is 5.41. The molecular weight excluding hydrogens is 361 g/mol. The summed E-state index contributed by atoms with van der Waals surface area (Å²) in [6.07, 6.45) is 1.40. The summed E-state index contributed by atoms with van der Waals surface area (Å²) in [6, 6.07) is 17.3. The molecule has 2 N–H and O–H groups in total. The topological polar surface area (TPSA) is 66.6 Å². The molecular formula is C18H13Cl2N3O2. The molecule has 0 atom stereocenters. The van der Waals surface area contributed by atoms with Gasteiger partial charge in [-0.2, -0.15) is 5.10 Å². The van der Waals surface area contributed by atoms with Crippen molar-refractivity contribution < 1.29 is 9.21 Å². The third kappa shape index (κ3) is 4.86. The van der Waals surface area contributed by atoms with Crippen molar-refractivity contribution in [3.63, 3.8) is 0 Å². The lowest BCUT2D eigenvalue weighted by Crippen LogP contribution is -2.24. The summed E-state index contributed by atoms with van der Waals surface area (Å²) in [5.41, 5.74) is 3.79. The Bertz CT molecular complexity index is 887. The molecule has 2 aromatic carbocycles. The number of urea groups is 1. The Kier molecular flexibility index (Phi) is 5.38. The van der Waals surface area contributed by atoms with E-state index < -0.39 is 6.03 Å². The van der Waals surface area contributed by atoms with Gasteiger partial charge in [0.15, 0.2) is 0 Å². The van der Waals surface area contributed by atoms with Crippen LogP contribution in [0.2, 0.25) is 10.0 Å². The van der Waals surface area contributed by atoms with Crippen molar-refractivity contribution in [2.75, 3.05) is 5.32 Å². The Balaban J connectivity index is 1.61. The number of benzene rings is 2. The second-order valence-electron chi connectivity index (χ2n) is 5.05. The van der Waals surface area contributed by atoms with Crippen LogP contribution in [0.5, 0.6) is 0 Å². The van der Waals surface area contributed by atoms with E-state index >= 15 is 0 Å². The van der Waals surface area contributed by atoms with Crippen molar-refractivity contribution in [3.05, 3.63) is 76.5 Å². The van der Waals surface area contributed by atoms with Crippen LogP contribution < -0.4 is 10.7 Å². The van der Waals surface area contributed by atoms with Crippen molar-refractivity contribution >= 4 is 41.1 Å². The molecule has 1 aromatic heterocycles. The van der Waals surface area contributed by atoms with E-state index in [0.29, 0.717) is 27.3 Å². The maximum atomic E-state index is 11.7. The highest BCUT2D eigenvalue weighted by Crippen LogP contribution is 2.28. The Hall–Kier alpha value is -2.76. The molecule has 0 fully saturated rings. The number of halogens is 2. The van der Waals surface area contributed by atoms with Gasteiger partial charge in [0, 0.05) is 21.3 Å². The van der Waals surface area contributed by atoms with Crippen LogP contribution in [0, 0.1) is 0 Å². The third-order valence-electron chi connectivity index (χ3n) is 3.16. The second-order valence-corrected chi connectivity index (χ2v) is 5.92. The average molecular weight is 374 g/mol. The summed E-state index contributed by atoms with van der Waals surface area (Å²) < 4.78 is 5.64. The lowest BCUT2D eigenvalue weighted by Gasteiger charge is -2.02. The number of amides is 2. The molecule has 0 saturated carbocycles. The fourth-order valence-electron chi connectivity index (χ4n) is 2.11. The van der Waals surface area contributed by atoms with Gasteiger partial charge in [-0.25, -0.2) is 10.2 Å². The van der Waals surface area contributed by atoms with Crippen molar-refractivity contribution in [1.29, 1.82) is 0 Å². The van der Waals surface area contributed by atoms with Gasteiger partial charge >= 0.3 is 6.03 Å². The monoisotopic (exact) mass is 373 g/mol. The number of carbonyl (C=O) groups is 1. The highest BCUT2D eigenvalue weighted by molar-refractivity contribution is 6.35. The smallest absolute Gasteiger partial charge is 0.339 e. The van der Waals surface area contributed by atoms with Crippen LogP contribution >= 0.6 is 23.2 Å². The van der Waals surface area contributed by atoms with Crippen molar-refractivity contribution in [3.8, 4) is 11.3 Å². The van der Waals surface area contributed by atoms with Crippen LogP contribution in [0.15, 0.2) is 70.2 Å². The first kappa shape index (κ1) is 17.1. The van der Waals surface area contributed by atoms with E-state index in [0.717, 1.165) is 5.56 Å². The number of furan rings is 1. The number of carbonyl (C=O) groups excluding carboxylic acids is 1. The number of rotatable bonds is 4. The minimum atomic E-state index is -0.448. The SMILES string of the molecule is O=C(N/N=C\c1ccc(-c2cc(Cl)cc(Cl)c2)o1)Nc1ccccc1.